The Bertz CT molecular complexity index is 643. The number of hydrogen-bond donors (Lipinski definition) is 2. The lowest BCUT2D eigenvalue weighted by molar-refractivity contribution is -0.118. The van der Waals surface area contributed by atoms with Gasteiger partial charge in [-0.15, -0.1) is 0 Å². The highest BCUT2D eigenvalue weighted by Gasteiger charge is 2.26. The van der Waals surface area contributed by atoms with Crippen LogP contribution in [0.1, 0.15) is 38.2 Å². The number of nitrogens with zero attached hydrogens (tertiary/aromatic N) is 1. The fraction of sp³-hybridized carbons (Fsp3) is 0.526. The molecule has 1 aliphatic heterocycles. The van der Waals surface area contributed by atoms with Crippen LogP contribution in [-0.4, -0.2) is 35.9 Å². The third kappa shape index (κ3) is 3.94. The highest BCUT2D eigenvalue weighted by molar-refractivity contribution is 5.83. The number of amides is 1. The van der Waals surface area contributed by atoms with Crippen molar-refractivity contribution in [3.05, 3.63) is 36.0 Å². The first-order valence-electron chi connectivity index (χ1n) is 8.65. The van der Waals surface area contributed by atoms with Crippen molar-refractivity contribution in [3.63, 3.8) is 0 Å². The van der Waals surface area contributed by atoms with Crippen LogP contribution < -0.4 is 5.32 Å². The van der Waals surface area contributed by atoms with Gasteiger partial charge in [-0.05, 0) is 55.8 Å². The maximum Gasteiger partial charge on any atom is 0.210 e. The van der Waals surface area contributed by atoms with Crippen molar-refractivity contribution in [1.29, 1.82) is 0 Å². The molecule has 0 bridgehead atoms. The molecule has 4 heteroatoms. The predicted molar refractivity (Wildman–Crippen MR) is 94.2 cm³/mol. The average Bonchev–Trinajstić information content (AvgIpc) is 2.97. The van der Waals surface area contributed by atoms with Gasteiger partial charge in [0, 0.05) is 30.2 Å². The van der Waals surface area contributed by atoms with Crippen molar-refractivity contribution >= 4 is 17.3 Å². The molecule has 0 radical (unpaired) electrons. The molecule has 0 saturated carbocycles. The van der Waals surface area contributed by atoms with Crippen molar-refractivity contribution in [1.82, 2.24) is 15.2 Å². The number of H-pyrrole nitrogens is 1. The Morgan fingerprint density at radius 3 is 2.83 bits per heavy atom. The Hall–Kier alpha value is -1.81. The molecule has 124 valence electrons. The quantitative estimate of drug-likeness (QED) is 0.771. The molecule has 1 amide bonds. The molecular weight excluding hydrogens is 286 g/mol. The topological polar surface area (TPSA) is 48.1 Å². The van der Waals surface area contributed by atoms with E-state index in [0.717, 1.165) is 38.0 Å². The van der Waals surface area contributed by atoms with E-state index in [0.29, 0.717) is 12.0 Å². The Balaban J connectivity index is 1.55. The fourth-order valence-electron chi connectivity index (χ4n) is 3.64. The number of carbonyl (C=O) groups is 1. The first kappa shape index (κ1) is 16.1. The van der Waals surface area contributed by atoms with Crippen molar-refractivity contribution in [2.45, 2.75) is 39.2 Å². The van der Waals surface area contributed by atoms with Crippen molar-refractivity contribution < 1.29 is 4.79 Å². The van der Waals surface area contributed by atoms with Crippen LogP contribution in [0.25, 0.3) is 10.9 Å². The van der Waals surface area contributed by atoms with Gasteiger partial charge >= 0.3 is 0 Å². The second-order valence-electron chi connectivity index (χ2n) is 7.10. The van der Waals surface area contributed by atoms with Crippen molar-refractivity contribution in [2.75, 3.05) is 19.6 Å². The van der Waals surface area contributed by atoms with E-state index in [2.05, 4.69) is 29.4 Å². The Labute approximate surface area is 138 Å². The van der Waals surface area contributed by atoms with Gasteiger partial charge in [-0.2, -0.15) is 0 Å². The van der Waals surface area contributed by atoms with Gasteiger partial charge in [-0.25, -0.2) is 0 Å². The largest absolute Gasteiger partial charge is 0.361 e. The van der Waals surface area contributed by atoms with Gasteiger partial charge in [0.2, 0.25) is 6.41 Å². The van der Waals surface area contributed by atoms with Gasteiger partial charge in [-0.3, -0.25) is 4.79 Å². The van der Waals surface area contributed by atoms with E-state index >= 15 is 0 Å². The van der Waals surface area contributed by atoms with Crippen LogP contribution in [0.3, 0.4) is 0 Å². The van der Waals surface area contributed by atoms with Gasteiger partial charge in [-0.1, -0.05) is 25.1 Å². The van der Waals surface area contributed by atoms with Gasteiger partial charge < -0.3 is 15.2 Å². The van der Waals surface area contributed by atoms with Crippen LogP contribution >= 0.6 is 0 Å². The smallest absolute Gasteiger partial charge is 0.210 e. The first-order chi connectivity index (χ1) is 11.2. The third-order valence-electron chi connectivity index (χ3n) is 5.23. The SMILES string of the molecule is CC1(CCCN(C=O)Cc2c[nH]c3ccccc23)CCNCC1. The fourth-order valence-corrected chi connectivity index (χ4v) is 3.64. The van der Waals surface area contributed by atoms with Crippen molar-refractivity contribution in [3.8, 4) is 0 Å². The van der Waals surface area contributed by atoms with Crippen LogP contribution in [0, 0.1) is 5.41 Å². The van der Waals surface area contributed by atoms with Gasteiger partial charge in [0.15, 0.2) is 0 Å². The van der Waals surface area contributed by atoms with Crippen molar-refractivity contribution in [2.24, 2.45) is 5.41 Å². The summed E-state index contributed by atoms with van der Waals surface area (Å²) in [6, 6.07) is 8.25. The van der Waals surface area contributed by atoms with Gasteiger partial charge in [0.1, 0.15) is 0 Å². The summed E-state index contributed by atoms with van der Waals surface area (Å²) in [7, 11) is 0. The molecule has 1 saturated heterocycles. The molecule has 2 heterocycles. The van der Waals surface area contributed by atoms with E-state index < -0.39 is 0 Å². The van der Waals surface area contributed by atoms with Crippen LogP contribution in [0.15, 0.2) is 30.5 Å². The number of aromatic nitrogens is 1. The summed E-state index contributed by atoms with van der Waals surface area (Å²) < 4.78 is 0. The Morgan fingerprint density at radius 1 is 1.26 bits per heavy atom. The molecule has 1 aromatic heterocycles. The second kappa shape index (κ2) is 7.18. The lowest BCUT2D eigenvalue weighted by Crippen LogP contribution is -2.35. The lowest BCUT2D eigenvalue weighted by atomic mass is 9.77. The van der Waals surface area contributed by atoms with Crippen LogP contribution in [0.5, 0.6) is 0 Å². The third-order valence-corrected chi connectivity index (χ3v) is 5.23. The van der Waals surface area contributed by atoms with E-state index in [9.17, 15) is 4.79 Å². The van der Waals surface area contributed by atoms with E-state index in [4.69, 9.17) is 0 Å². The molecule has 4 nitrogen and oxygen atoms in total. The number of benzene rings is 1. The molecule has 23 heavy (non-hydrogen) atoms. The predicted octanol–water partition coefficient (Wildman–Crippen LogP) is 3.30. The number of para-hydroxylation sites is 1. The minimum Gasteiger partial charge on any atom is -0.361 e. The lowest BCUT2D eigenvalue weighted by Gasteiger charge is -2.34. The van der Waals surface area contributed by atoms with E-state index in [-0.39, 0.29) is 0 Å². The Kier molecular flexibility index (Phi) is 5.01. The first-order valence-corrected chi connectivity index (χ1v) is 8.65. The monoisotopic (exact) mass is 313 g/mol. The molecule has 2 N–H and O–H groups in total. The van der Waals surface area contributed by atoms with Crippen LogP contribution in [0.2, 0.25) is 0 Å². The van der Waals surface area contributed by atoms with Gasteiger partial charge in [0.25, 0.3) is 0 Å². The van der Waals surface area contributed by atoms with Crippen LogP contribution in [-0.2, 0) is 11.3 Å². The number of nitrogens with one attached hydrogen (secondary N) is 2. The normalized spacial score (nSPS) is 17.3. The summed E-state index contributed by atoms with van der Waals surface area (Å²) in [6.07, 6.45) is 7.79. The molecule has 0 spiro atoms. The van der Waals surface area contributed by atoms with Gasteiger partial charge in [0.05, 0.1) is 0 Å². The number of hydrogen-bond acceptors (Lipinski definition) is 2. The number of carbonyl (C=O) groups excluding carboxylic acids is 1. The Morgan fingerprint density at radius 2 is 2.04 bits per heavy atom. The molecular formula is C19H27N3O. The highest BCUT2D eigenvalue weighted by atomic mass is 16.1. The van der Waals surface area contributed by atoms with E-state index in [1.165, 1.54) is 30.2 Å². The molecule has 0 unspecified atom stereocenters. The molecule has 1 aliphatic rings. The zero-order chi connectivity index (χ0) is 16.1. The summed E-state index contributed by atoms with van der Waals surface area (Å²) in [5, 5.41) is 4.64. The molecule has 0 aliphatic carbocycles. The second-order valence-corrected chi connectivity index (χ2v) is 7.10. The highest BCUT2D eigenvalue weighted by Crippen LogP contribution is 2.33. The van der Waals surface area contributed by atoms with E-state index in [1.807, 2.05) is 23.2 Å². The summed E-state index contributed by atoms with van der Waals surface area (Å²) in [5.74, 6) is 0. The van der Waals surface area contributed by atoms with E-state index in [1.54, 1.807) is 0 Å². The standard InChI is InChI=1S/C19H27N3O/c1-19(8-10-20-11-9-19)7-4-12-22(15-23)14-16-13-21-18-6-3-2-5-17(16)18/h2-3,5-6,13,15,20-21H,4,7-12,14H2,1H3. The molecule has 3 rings (SSSR count). The molecule has 2 aromatic rings. The summed E-state index contributed by atoms with van der Waals surface area (Å²) in [5.41, 5.74) is 2.77. The number of rotatable bonds is 7. The minimum absolute atomic E-state index is 0.445. The maximum atomic E-state index is 11.4. The molecule has 1 aromatic carbocycles. The summed E-state index contributed by atoms with van der Waals surface area (Å²) in [4.78, 5) is 16.6. The number of fused-ring (bicyclic) bond motifs is 1. The zero-order valence-corrected chi connectivity index (χ0v) is 14.0. The summed E-state index contributed by atoms with van der Waals surface area (Å²) in [6.45, 7) is 6.17. The van der Waals surface area contributed by atoms with Crippen LogP contribution in [0.4, 0.5) is 0 Å². The summed E-state index contributed by atoms with van der Waals surface area (Å²) >= 11 is 0. The molecule has 1 fully saturated rings. The zero-order valence-electron chi connectivity index (χ0n) is 14.0. The number of piperidine rings is 1. The average molecular weight is 313 g/mol. The molecule has 0 atom stereocenters. The maximum absolute atomic E-state index is 11.4. The number of aromatic amines is 1. The minimum atomic E-state index is 0.445.